The average Bonchev–Trinajstić information content (AvgIpc) is 2.77. The highest BCUT2D eigenvalue weighted by molar-refractivity contribution is 5.67. The molecule has 3 heteroatoms. The summed E-state index contributed by atoms with van der Waals surface area (Å²) in [6, 6.07) is 10.6. The third kappa shape index (κ3) is 5.81. The van der Waals surface area contributed by atoms with Crippen LogP contribution < -0.4 is 4.74 Å². The smallest absolute Gasteiger partial charge is 0.201 e. The highest BCUT2D eigenvalue weighted by atomic mass is 19.2. The summed E-state index contributed by atoms with van der Waals surface area (Å²) in [6.07, 6.45) is 15.4. The van der Waals surface area contributed by atoms with Gasteiger partial charge in [0, 0.05) is 5.56 Å². The molecule has 160 valence electrons. The summed E-state index contributed by atoms with van der Waals surface area (Å²) in [5.41, 5.74) is 3.55. The van der Waals surface area contributed by atoms with Crippen molar-refractivity contribution in [1.29, 1.82) is 0 Å². The van der Waals surface area contributed by atoms with Crippen LogP contribution in [0.25, 0.3) is 17.2 Å². The molecule has 0 aliphatic heterocycles. The van der Waals surface area contributed by atoms with E-state index in [1.54, 1.807) is 18.6 Å². The Morgan fingerprint density at radius 3 is 2.50 bits per heavy atom. The van der Waals surface area contributed by atoms with E-state index in [9.17, 15) is 8.78 Å². The first kappa shape index (κ1) is 22.3. The second kappa shape index (κ2) is 11.1. The second-order valence-electron chi connectivity index (χ2n) is 8.03. The van der Waals surface area contributed by atoms with Crippen molar-refractivity contribution in [3.8, 4) is 16.9 Å². The molecular formula is C27H32F2O. The molecular weight excluding hydrogens is 378 g/mol. The van der Waals surface area contributed by atoms with Gasteiger partial charge in [-0.05, 0) is 68.2 Å². The number of hydrogen-bond acceptors (Lipinski definition) is 1. The van der Waals surface area contributed by atoms with Crippen LogP contribution in [-0.4, -0.2) is 6.61 Å². The number of rotatable bonds is 9. The fourth-order valence-corrected chi connectivity index (χ4v) is 4.12. The van der Waals surface area contributed by atoms with Gasteiger partial charge in [-0.3, -0.25) is 0 Å². The van der Waals surface area contributed by atoms with Crippen LogP contribution in [0, 0.1) is 17.6 Å². The Balaban J connectivity index is 1.56. The maximum absolute atomic E-state index is 14.4. The number of allylic oxidation sites excluding steroid dienone is 3. The van der Waals surface area contributed by atoms with Gasteiger partial charge < -0.3 is 4.74 Å². The van der Waals surface area contributed by atoms with Crippen LogP contribution in [0.4, 0.5) is 8.78 Å². The van der Waals surface area contributed by atoms with Crippen LogP contribution in [0.1, 0.15) is 64.4 Å². The average molecular weight is 411 g/mol. The molecule has 2 aromatic rings. The molecule has 0 saturated heterocycles. The van der Waals surface area contributed by atoms with Crippen molar-refractivity contribution in [2.75, 3.05) is 6.61 Å². The summed E-state index contributed by atoms with van der Waals surface area (Å²) in [5.74, 6) is -0.962. The third-order valence-corrected chi connectivity index (χ3v) is 5.82. The monoisotopic (exact) mass is 410 g/mol. The molecule has 0 fully saturated rings. The van der Waals surface area contributed by atoms with Gasteiger partial charge in [-0.15, -0.1) is 0 Å². The van der Waals surface area contributed by atoms with Crippen molar-refractivity contribution >= 4 is 6.08 Å². The largest absolute Gasteiger partial charge is 0.491 e. The van der Waals surface area contributed by atoms with Gasteiger partial charge in [-0.2, -0.15) is 4.39 Å². The molecule has 0 heterocycles. The molecule has 3 rings (SSSR count). The van der Waals surface area contributed by atoms with Crippen molar-refractivity contribution in [3.05, 3.63) is 71.3 Å². The Hall–Kier alpha value is -2.42. The molecule has 1 aliphatic rings. The van der Waals surface area contributed by atoms with Crippen LogP contribution in [0.2, 0.25) is 0 Å². The molecule has 1 aliphatic carbocycles. The first-order valence-electron chi connectivity index (χ1n) is 11.2. The van der Waals surface area contributed by atoms with Crippen LogP contribution in [0.3, 0.4) is 0 Å². The molecule has 0 amide bonds. The lowest BCUT2D eigenvalue weighted by Crippen LogP contribution is -2.05. The van der Waals surface area contributed by atoms with Crippen molar-refractivity contribution < 1.29 is 13.5 Å². The van der Waals surface area contributed by atoms with Gasteiger partial charge >= 0.3 is 0 Å². The lowest BCUT2D eigenvalue weighted by Gasteiger charge is -2.21. The maximum Gasteiger partial charge on any atom is 0.201 e. The normalized spacial score (nSPS) is 16.7. The van der Waals surface area contributed by atoms with Crippen LogP contribution in [-0.2, 0) is 0 Å². The first-order valence-corrected chi connectivity index (χ1v) is 11.2. The molecule has 0 saturated carbocycles. The maximum atomic E-state index is 14.4. The predicted molar refractivity (Wildman–Crippen MR) is 122 cm³/mol. The minimum Gasteiger partial charge on any atom is -0.491 e. The molecule has 1 unspecified atom stereocenters. The molecule has 30 heavy (non-hydrogen) atoms. The van der Waals surface area contributed by atoms with E-state index in [0.717, 1.165) is 24.3 Å². The van der Waals surface area contributed by atoms with Gasteiger partial charge in [0.25, 0.3) is 0 Å². The molecule has 0 radical (unpaired) electrons. The second-order valence-corrected chi connectivity index (χ2v) is 8.03. The van der Waals surface area contributed by atoms with E-state index in [-0.39, 0.29) is 11.3 Å². The van der Waals surface area contributed by atoms with Crippen LogP contribution in [0.15, 0.2) is 54.1 Å². The highest BCUT2D eigenvalue weighted by Gasteiger charge is 2.15. The first-order chi connectivity index (χ1) is 14.6. The van der Waals surface area contributed by atoms with Crippen molar-refractivity contribution in [2.45, 2.75) is 58.8 Å². The van der Waals surface area contributed by atoms with Crippen LogP contribution in [0.5, 0.6) is 5.75 Å². The van der Waals surface area contributed by atoms with E-state index < -0.39 is 11.6 Å². The fourth-order valence-electron chi connectivity index (χ4n) is 4.12. The Labute approximate surface area is 179 Å². The van der Waals surface area contributed by atoms with E-state index in [2.05, 4.69) is 25.2 Å². The number of halogens is 2. The molecule has 2 aromatic carbocycles. The summed E-state index contributed by atoms with van der Waals surface area (Å²) in [4.78, 5) is 0. The van der Waals surface area contributed by atoms with E-state index in [4.69, 9.17) is 4.74 Å². The molecule has 0 aromatic heterocycles. The Morgan fingerprint density at radius 1 is 1.03 bits per heavy atom. The summed E-state index contributed by atoms with van der Waals surface area (Å²) in [7, 11) is 0. The van der Waals surface area contributed by atoms with E-state index in [0.29, 0.717) is 12.2 Å². The van der Waals surface area contributed by atoms with Gasteiger partial charge in [-0.25, -0.2) is 4.39 Å². The van der Waals surface area contributed by atoms with Crippen molar-refractivity contribution in [3.63, 3.8) is 0 Å². The van der Waals surface area contributed by atoms with E-state index in [1.165, 1.54) is 38.2 Å². The van der Waals surface area contributed by atoms with Gasteiger partial charge in [0.05, 0.1) is 6.61 Å². The molecule has 0 N–H and O–H groups in total. The zero-order chi connectivity index (χ0) is 21.3. The minimum atomic E-state index is -0.934. The third-order valence-electron chi connectivity index (χ3n) is 5.82. The van der Waals surface area contributed by atoms with Gasteiger partial charge in [0.2, 0.25) is 5.82 Å². The molecule has 1 atom stereocenters. The standard InChI is InChI=1S/C27H32F2O/c1-3-7-20-10-12-21(13-11-20)8-5-6-9-22-14-16-23(17-15-22)24-18-19-25(30-4-2)27(29)26(24)28/h6,9,12,14-20H,3-5,7-8,10-11,13H2,1-2H3. The lowest BCUT2D eigenvalue weighted by molar-refractivity contribution is 0.314. The van der Waals surface area contributed by atoms with Gasteiger partial charge in [0.15, 0.2) is 11.6 Å². The van der Waals surface area contributed by atoms with Crippen molar-refractivity contribution in [2.24, 2.45) is 5.92 Å². The summed E-state index contributed by atoms with van der Waals surface area (Å²) < 4.78 is 33.6. The van der Waals surface area contributed by atoms with Crippen LogP contribution >= 0.6 is 0 Å². The Bertz CT molecular complexity index is 880. The minimum absolute atomic E-state index is 0.0488. The Morgan fingerprint density at radius 2 is 1.83 bits per heavy atom. The molecule has 0 bridgehead atoms. The summed E-state index contributed by atoms with van der Waals surface area (Å²) in [5, 5.41) is 0. The highest BCUT2D eigenvalue weighted by Crippen LogP contribution is 2.31. The predicted octanol–water partition coefficient (Wildman–Crippen LogP) is 8.35. The van der Waals surface area contributed by atoms with Gasteiger partial charge in [0.1, 0.15) is 0 Å². The lowest BCUT2D eigenvalue weighted by atomic mass is 9.85. The quantitative estimate of drug-likeness (QED) is 0.377. The SMILES string of the molecule is CCCC1CC=C(CCC=Cc2ccc(-c3ccc(OCC)c(F)c3F)cc2)CC1. The van der Waals surface area contributed by atoms with E-state index >= 15 is 0 Å². The summed E-state index contributed by atoms with van der Waals surface area (Å²) >= 11 is 0. The number of ether oxygens (including phenoxy) is 1. The molecule has 0 spiro atoms. The summed E-state index contributed by atoms with van der Waals surface area (Å²) in [6.45, 7) is 4.31. The zero-order valence-corrected chi connectivity index (χ0v) is 18.1. The number of benzene rings is 2. The fraction of sp³-hybridized carbons (Fsp3) is 0.407. The molecule has 1 nitrogen and oxygen atoms in total. The zero-order valence-electron chi connectivity index (χ0n) is 18.1. The number of hydrogen-bond donors (Lipinski definition) is 0. The Kier molecular flexibility index (Phi) is 8.24. The van der Waals surface area contributed by atoms with Crippen molar-refractivity contribution in [1.82, 2.24) is 0 Å². The van der Waals surface area contributed by atoms with E-state index in [1.807, 2.05) is 24.3 Å². The topological polar surface area (TPSA) is 9.23 Å². The van der Waals surface area contributed by atoms with Gasteiger partial charge in [-0.1, -0.05) is 67.8 Å².